The fourth-order valence-corrected chi connectivity index (χ4v) is 4.39. The first-order valence-electron chi connectivity index (χ1n) is 6.82. The molecule has 0 saturated heterocycles. The molecule has 7 heteroatoms. The minimum Gasteiger partial charge on any atom is -0.207 e. The van der Waals surface area contributed by atoms with Crippen LogP contribution in [0.1, 0.15) is 22.7 Å². The molecule has 2 aromatic carbocycles. The van der Waals surface area contributed by atoms with E-state index in [9.17, 15) is 8.42 Å². The molecule has 3 nitrogen and oxygen atoms in total. The molecule has 0 spiro atoms. The van der Waals surface area contributed by atoms with Gasteiger partial charge in [0.15, 0.2) is 0 Å². The molecule has 1 atom stereocenters. The quantitative estimate of drug-likeness (QED) is 0.767. The number of halogens is 3. The number of hydrogen-bond acceptors (Lipinski definition) is 2. The molecule has 2 rings (SSSR count). The molecule has 0 radical (unpaired) electrons. The number of hydrogen-bond donors (Lipinski definition) is 1. The van der Waals surface area contributed by atoms with Gasteiger partial charge >= 0.3 is 0 Å². The highest BCUT2D eigenvalue weighted by Gasteiger charge is 2.37. The van der Waals surface area contributed by atoms with Crippen molar-refractivity contribution in [3.8, 4) is 0 Å². The van der Waals surface area contributed by atoms with Gasteiger partial charge in [-0.15, -0.1) is 0 Å². The van der Waals surface area contributed by atoms with Crippen LogP contribution in [-0.2, 0) is 10.0 Å². The van der Waals surface area contributed by atoms with Gasteiger partial charge < -0.3 is 0 Å². The number of nitrogens with one attached hydrogen (secondary N) is 1. The van der Waals surface area contributed by atoms with Crippen LogP contribution in [0.5, 0.6) is 0 Å². The number of sulfonamides is 1. The Balaban J connectivity index is 2.43. The number of benzene rings is 2. The highest BCUT2D eigenvalue weighted by molar-refractivity contribution is 7.89. The summed E-state index contributed by atoms with van der Waals surface area (Å²) in [5, 5.41) is 0. The molecule has 2 aromatic rings. The summed E-state index contributed by atoms with van der Waals surface area (Å²) in [4.78, 5) is 0.159. The zero-order valence-corrected chi connectivity index (χ0v) is 15.6. The Hall–Kier alpha value is -0.780. The lowest BCUT2D eigenvalue weighted by Gasteiger charge is -2.26. The van der Waals surface area contributed by atoms with E-state index in [1.54, 1.807) is 37.3 Å². The van der Waals surface area contributed by atoms with Crippen LogP contribution in [0.3, 0.4) is 0 Å². The Bertz CT molecular complexity index is 784. The SMILES string of the molecule is Cc1ccc(C(NS(=O)(=O)c2ccccc2C)C(Cl)(Cl)Cl)cc1. The summed E-state index contributed by atoms with van der Waals surface area (Å²) in [5.41, 5.74) is 2.22. The van der Waals surface area contributed by atoms with Crippen LogP contribution in [0.2, 0.25) is 0 Å². The molecule has 0 bridgehead atoms. The fraction of sp³-hybridized carbons (Fsp3) is 0.250. The van der Waals surface area contributed by atoms with Gasteiger partial charge in [-0.05, 0) is 31.0 Å². The summed E-state index contributed by atoms with van der Waals surface area (Å²) in [7, 11) is -3.83. The second-order valence-corrected chi connectivity index (χ2v) is 9.32. The van der Waals surface area contributed by atoms with Crippen LogP contribution in [0.25, 0.3) is 0 Å². The van der Waals surface area contributed by atoms with Crippen LogP contribution in [-0.4, -0.2) is 12.2 Å². The van der Waals surface area contributed by atoms with Crippen molar-refractivity contribution in [2.45, 2.75) is 28.6 Å². The maximum atomic E-state index is 12.7. The van der Waals surface area contributed by atoms with E-state index in [1.165, 1.54) is 6.07 Å². The van der Waals surface area contributed by atoms with E-state index in [4.69, 9.17) is 34.8 Å². The van der Waals surface area contributed by atoms with Crippen molar-refractivity contribution in [1.82, 2.24) is 4.72 Å². The van der Waals surface area contributed by atoms with Crippen molar-refractivity contribution in [2.24, 2.45) is 0 Å². The van der Waals surface area contributed by atoms with Gasteiger partial charge in [0.25, 0.3) is 0 Å². The average Bonchev–Trinajstić information content (AvgIpc) is 2.45. The second-order valence-electron chi connectivity index (χ2n) is 5.27. The standard InChI is InChI=1S/C16H16Cl3NO2S/c1-11-7-9-13(10-8-11)15(16(17,18)19)20-23(21,22)14-6-4-3-5-12(14)2/h3-10,15,20H,1-2H3. The third kappa shape index (κ3) is 4.61. The molecule has 1 unspecified atom stereocenters. The summed E-state index contributed by atoms with van der Waals surface area (Å²) >= 11 is 18.0. The fourth-order valence-electron chi connectivity index (χ4n) is 2.16. The lowest BCUT2D eigenvalue weighted by Crippen LogP contribution is -2.36. The number of rotatable bonds is 4. The van der Waals surface area contributed by atoms with E-state index >= 15 is 0 Å². The van der Waals surface area contributed by atoms with Crippen molar-refractivity contribution in [3.05, 3.63) is 65.2 Å². The summed E-state index contributed by atoms with van der Waals surface area (Å²) in [6.45, 7) is 3.64. The first-order chi connectivity index (χ1) is 10.6. The van der Waals surface area contributed by atoms with E-state index < -0.39 is 19.9 Å². The Kier molecular flexibility index (Phi) is 5.64. The summed E-state index contributed by atoms with van der Waals surface area (Å²) in [5.74, 6) is 0. The Labute approximate surface area is 151 Å². The summed E-state index contributed by atoms with van der Waals surface area (Å²) in [6, 6.07) is 12.8. The third-order valence-corrected chi connectivity index (χ3v) is 5.63. The molecular weight excluding hydrogens is 377 g/mol. The zero-order valence-electron chi connectivity index (χ0n) is 12.6. The smallest absolute Gasteiger partial charge is 0.207 e. The average molecular weight is 393 g/mol. The van der Waals surface area contributed by atoms with E-state index in [1.807, 2.05) is 19.1 Å². The molecule has 0 heterocycles. The summed E-state index contributed by atoms with van der Waals surface area (Å²) in [6.07, 6.45) is 0. The first-order valence-corrected chi connectivity index (χ1v) is 9.44. The van der Waals surface area contributed by atoms with Crippen molar-refractivity contribution < 1.29 is 8.42 Å². The Morgan fingerprint density at radius 1 is 0.957 bits per heavy atom. The molecule has 0 amide bonds. The summed E-state index contributed by atoms with van der Waals surface area (Å²) < 4.78 is 26.0. The molecule has 0 aliphatic heterocycles. The molecule has 0 aromatic heterocycles. The van der Waals surface area contributed by atoms with Crippen LogP contribution >= 0.6 is 34.8 Å². The van der Waals surface area contributed by atoms with Gasteiger partial charge in [-0.25, -0.2) is 8.42 Å². The van der Waals surface area contributed by atoms with Crippen LogP contribution in [0.15, 0.2) is 53.4 Å². The minimum absolute atomic E-state index is 0.159. The van der Waals surface area contributed by atoms with E-state index in [2.05, 4.69) is 4.72 Å². The normalized spacial score (nSPS) is 13.8. The van der Waals surface area contributed by atoms with Crippen molar-refractivity contribution in [2.75, 3.05) is 0 Å². The zero-order chi connectivity index (χ0) is 17.3. The Morgan fingerprint density at radius 3 is 2.04 bits per heavy atom. The topological polar surface area (TPSA) is 46.2 Å². The van der Waals surface area contributed by atoms with E-state index in [-0.39, 0.29) is 4.90 Å². The predicted molar refractivity (Wildman–Crippen MR) is 95.7 cm³/mol. The van der Waals surface area contributed by atoms with Crippen LogP contribution < -0.4 is 4.72 Å². The van der Waals surface area contributed by atoms with Gasteiger partial charge in [0, 0.05) is 0 Å². The molecule has 23 heavy (non-hydrogen) atoms. The Morgan fingerprint density at radius 2 is 1.52 bits per heavy atom. The van der Waals surface area contributed by atoms with Crippen molar-refractivity contribution >= 4 is 44.8 Å². The maximum absolute atomic E-state index is 12.7. The molecule has 0 aliphatic rings. The number of aryl methyl sites for hydroxylation is 2. The molecule has 1 N–H and O–H groups in total. The van der Waals surface area contributed by atoms with Gasteiger partial charge in [-0.2, -0.15) is 4.72 Å². The van der Waals surface area contributed by atoms with Gasteiger partial charge in [0.2, 0.25) is 13.8 Å². The van der Waals surface area contributed by atoms with Crippen molar-refractivity contribution in [3.63, 3.8) is 0 Å². The van der Waals surface area contributed by atoms with E-state index in [0.29, 0.717) is 11.1 Å². The minimum atomic E-state index is -3.83. The lowest BCUT2D eigenvalue weighted by atomic mass is 10.1. The number of alkyl halides is 3. The third-order valence-electron chi connectivity index (χ3n) is 3.39. The maximum Gasteiger partial charge on any atom is 0.241 e. The molecule has 124 valence electrons. The molecule has 0 saturated carbocycles. The highest BCUT2D eigenvalue weighted by Crippen LogP contribution is 2.40. The largest absolute Gasteiger partial charge is 0.241 e. The molecule has 0 aliphatic carbocycles. The van der Waals surface area contributed by atoms with Gasteiger partial charge in [-0.3, -0.25) is 0 Å². The van der Waals surface area contributed by atoms with Crippen LogP contribution in [0.4, 0.5) is 0 Å². The van der Waals surface area contributed by atoms with Gasteiger partial charge in [0.1, 0.15) is 0 Å². The molecular formula is C16H16Cl3NO2S. The van der Waals surface area contributed by atoms with Crippen molar-refractivity contribution in [1.29, 1.82) is 0 Å². The van der Waals surface area contributed by atoms with Crippen LogP contribution in [0, 0.1) is 13.8 Å². The highest BCUT2D eigenvalue weighted by atomic mass is 35.6. The predicted octanol–water partition coefficient (Wildman–Crippen LogP) is 4.69. The lowest BCUT2D eigenvalue weighted by molar-refractivity contribution is 0.557. The first kappa shape index (κ1) is 18.6. The second kappa shape index (κ2) is 6.99. The van der Waals surface area contributed by atoms with Gasteiger partial charge in [-0.1, -0.05) is 82.8 Å². The van der Waals surface area contributed by atoms with Gasteiger partial charge in [0.05, 0.1) is 10.9 Å². The molecule has 0 fully saturated rings. The monoisotopic (exact) mass is 391 g/mol. The van der Waals surface area contributed by atoms with E-state index in [0.717, 1.165) is 5.56 Å².